The molecule has 1 unspecified atom stereocenters. The first-order valence-electron chi connectivity index (χ1n) is 14.4. The summed E-state index contributed by atoms with van der Waals surface area (Å²) in [6.45, 7) is 2.75. The molecule has 2 amide bonds. The van der Waals surface area contributed by atoms with E-state index in [0.717, 1.165) is 38.5 Å². The highest BCUT2D eigenvalue weighted by Gasteiger charge is 2.19. The Morgan fingerprint density at radius 1 is 0.583 bits per heavy atom. The van der Waals surface area contributed by atoms with Gasteiger partial charge in [0.1, 0.15) is 6.04 Å². The van der Waals surface area contributed by atoms with Crippen LogP contribution in [-0.4, -0.2) is 46.6 Å². The van der Waals surface area contributed by atoms with Crippen LogP contribution in [0.3, 0.4) is 0 Å². The summed E-state index contributed by atoms with van der Waals surface area (Å²) in [5.41, 5.74) is 0. The number of carbonyl (C=O) groups excluding carboxylic acids is 2. The number of aliphatic carboxylic acids is 2. The van der Waals surface area contributed by atoms with Gasteiger partial charge in [-0.05, 0) is 38.5 Å². The lowest BCUT2D eigenvalue weighted by molar-refractivity contribution is -0.142. The third-order valence-electron chi connectivity index (χ3n) is 6.43. The molecule has 0 aromatic carbocycles. The zero-order chi connectivity index (χ0) is 26.9. The van der Waals surface area contributed by atoms with E-state index in [4.69, 9.17) is 5.11 Å². The maximum Gasteiger partial charge on any atom is 0.326 e. The molecule has 0 rings (SSSR count). The fraction of sp³-hybridized carbons (Fsp3) is 0.857. The quantitative estimate of drug-likeness (QED) is 0.106. The topological polar surface area (TPSA) is 133 Å². The summed E-state index contributed by atoms with van der Waals surface area (Å²) in [7, 11) is 0. The van der Waals surface area contributed by atoms with E-state index in [1.165, 1.54) is 44.9 Å². The van der Waals surface area contributed by atoms with Crippen LogP contribution in [0.5, 0.6) is 0 Å². The molecule has 4 N–H and O–H groups in total. The van der Waals surface area contributed by atoms with Crippen molar-refractivity contribution < 1.29 is 29.4 Å². The first-order chi connectivity index (χ1) is 17.4. The van der Waals surface area contributed by atoms with Gasteiger partial charge in [-0.1, -0.05) is 84.0 Å². The van der Waals surface area contributed by atoms with Crippen molar-refractivity contribution in [3.8, 4) is 0 Å². The SMILES string of the molecule is CCCCCCCCCCCC(=O)NCCCCC(NC(=O)CCCCCCCCC(=O)O)C(=O)O. The zero-order valence-electron chi connectivity index (χ0n) is 22.7. The van der Waals surface area contributed by atoms with E-state index in [1.807, 2.05) is 0 Å². The van der Waals surface area contributed by atoms with Gasteiger partial charge in [-0.25, -0.2) is 4.79 Å². The third-order valence-corrected chi connectivity index (χ3v) is 6.43. The van der Waals surface area contributed by atoms with E-state index in [2.05, 4.69) is 17.6 Å². The van der Waals surface area contributed by atoms with Crippen LogP contribution < -0.4 is 10.6 Å². The van der Waals surface area contributed by atoms with Gasteiger partial charge in [-0.2, -0.15) is 0 Å². The average Bonchev–Trinajstić information content (AvgIpc) is 2.83. The molecule has 0 heterocycles. The van der Waals surface area contributed by atoms with Crippen LogP contribution in [0.2, 0.25) is 0 Å². The number of carboxylic acid groups (broad SMARTS) is 2. The number of unbranched alkanes of at least 4 members (excludes halogenated alkanes) is 14. The molecule has 0 aliphatic carbocycles. The van der Waals surface area contributed by atoms with Crippen LogP contribution >= 0.6 is 0 Å². The van der Waals surface area contributed by atoms with Crippen molar-refractivity contribution in [2.75, 3.05) is 6.54 Å². The van der Waals surface area contributed by atoms with E-state index in [0.29, 0.717) is 51.5 Å². The second kappa shape index (κ2) is 24.6. The number of hydrogen-bond donors (Lipinski definition) is 4. The fourth-order valence-corrected chi connectivity index (χ4v) is 4.18. The number of carbonyl (C=O) groups is 4. The van der Waals surface area contributed by atoms with Crippen molar-refractivity contribution in [2.45, 2.75) is 148 Å². The molecule has 210 valence electrons. The Balaban J connectivity index is 3.71. The smallest absolute Gasteiger partial charge is 0.326 e. The van der Waals surface area contributed by atoms with Crippen LogP contribution in [0.25, 0.3) is 0 Å². The maximum atomic E-state index is 12.1. The first kappa shape index (κ1) is 33.9. The van der Waals surface area contributed by atoms with Crippen LogP contribution in [0.1, 0.15) is 142 Å². The summed E-state index contributed by atoms with van der Waals surface area (Å²) in [6.07, 6.45) is 18.7. The van der Waals surface area contributed by atoms with Crippen molar-refractivity contribution in [1.29, 1.82) is 0 Å². The Morgan fingerprint density at radius 2 is 1.06 bits per heavy atom. The molecular weight excluding hydrogens is 460 g/mol. The van der Waals surface area contributed by atoms with E-state index in [-0.39, 0.29) is 18.2 Å². The Morgan fingerprint density at radius 3 is 1.56 bits per heavy atom. The molecule has 0 bridgehead atoms. The lowest BCUT2D eigenvalue weighted by Crippen LogP contribution is -2.40. The van der Waals surface area contributed by atoms with E-state index in [9.17, 15) is 24.3 Å². The molecule has 1 atom stereocenters. The predicted molar refractivity (Wildman–Crippen MR) is 143 cm³/mol. The van der Waals surface area contributed by atoms with Crippen molar-refractivity contribution >= 4 is 23.8 Å². The summed E-state index contributed by atoms with van der Waals surface area (Å²) in [4.78, 5) is 45.9. The van der Waals surface area contributed by atoms with Gasteiger partial charge in [0.05, 0.1) is 0 Å². The van der Waals surface area contributed by atoms with Gasteiger partial charge in [-0.3, -0.25) is 14.4 Å². The minimum atomic E-state index is -1.03. The maximum absolute atomic E-state index is 12.1. The van der Waals surface area contributed by atoms with Crippen molar-refractivity contribution in [3.05, 3.63) is 0 Å². The molecule has 8 nitrogen and oxygen atoms in total. The summed E-state index contributed by atoms with van der Waals surface area (Å²) in [5, 5.41) is 23.5. The van der Waals surface area contributed by atoms with E-state index < -0.39 is 18.0 Å². The Hall–Kier alpha value is -2.12. The molecule has 0 saturated heterocycles. The monoisotopic (exact) mass is 512 g/mol. The van der Waals surface area contributed by atoms with Crippen LogP contribution in [-0.2, 0) is 19.2 Å². The standard InChI is InChI=1S/C28H52N2O6/c1-2-3-4-5-6-7-8-11-14-20-25(31)29-23-18-17-19-24(28(35)36)30-26(32)21-15-12-9-10-13-16-22-27(33)34/h24H,2-23H2,1H3,(H,29,31)(H,30,32)(H,33,34)(H,35,36). The van der Waals surface area contributed by atoms with Gasteiger partial charge in [0.15, 0.2) is 0 Å². The fourth-order valence-electron chi connectivity index (χ4n) is 4.18. The number of amides is 2. The van der Waals surface area contributed by atoms with Gasteiger partial charge in [-0.15, -0.1) is 0 Å². The highest BCUT2D eigenvalue weighted by molar-refractivity contribution is 5.83. The number of carboxylic acids is 2. The lowest BCUT2D eigenvalue weighted by Gasteiger charge is -2.14. The zero-order valence-corrected chi connectivity index (χ0v) is 22.7. The minimum absolute atomic E-state index is 0.0583. The van der Waals surface area contributed by atoms with Crippen molar-refractivity contribution in [1.82, 2.24) is 10.6 Å². The molecule has 0 radical (unpaired) electrons. The second-order valence-electron chi connectivity index (χ2n) is 9.90. The number of nitrogens with one attached hydrogen (secondary N) is 2. The normalized spacial score (nSPS) is 11.7. The van der Waals surface area contributed by atoms with E-state index in [1.54, 1.807) is 0 Å². The van der Waals surface area contributed by atoms with E-state index >= 15 is 0 Å². The molecule has 0 aromatic rings. The first-order valence-corrected chi connectivity index (χ1v) is 14.4. The molecular formula is C28H52N2O6. The van der Waals surface area contributed by atoms with Gasteiger partial charge in [0, 0.05) is 25.8 Å². The van der Waals surface area contributed by atoms with Gasteiger partial charge < -0.3 is 20.8 Å². The Bertz CT molecular complexity index is 597. The molecule has 36 heavy (non-hydrogen) atoms. The summed E-state index contributed by atoms with van der Waals surface area (Å²) >= 11 is 0. The lowest BCUT2D eigenvalue weighted by atomic mass is 10.1. The van der Waals surface area contributed by atoms with Gasteiger partial charge in [0.2, 0.25) is 11.8 Å². The summed E-state index contributed by atoms with van der Waals surface area (Å²) in [6, 6.07) is -0.897. The molecule has 0 aromatic heterocycles. The molecule has 0 fully saturated rings. The van der Waals surface area contributed by atoms with Crippen molar-refractivity contribution in [3.63, 3.8) is 0 Å². The summed E-state index contributed by atoms with van der Waals surface area (Å²) in [5.74, 6) is -1.99. The number of rotatable bonds is 26. The van der Waals surface area contributed by atoms with Crippen molar-refractivity contribution in [2.24, 2.45) is 0 Å². The minimum Gasteiger partial charge on any atom is -0.481 e. The molecule has 0 spiro atoms. The third kappa shape index (κ3) is 23.6. The van der Waals surface area contributed by atoms with Gasteiger partial charge in [0.25, 0.3) is 0 Å². The van der Waals surface area contributed by atoms with Crippen LogP contribution in [0.15, 0.2) is 0 Å². The van der Waals surface area contributed by atoms with Gasteiger partial charge >= 0.3 is 11.9 Å². The molecule has 8 heteroatoms. The Kier molecular flexibility index (Phi) is 23.1. The molecule has 0 saturated carbocycles. The Labute approximate surface area is 218 Å². The highest BCUT2D eigenvalue weighted by atomic mass is 16.4. The molecule has 0 aliphatic rings. The van der Waals surface area contributed by atoms with Crippen LogP contribution in [0, 0.1) is 0 Å². The van der Waals surface area contributed by atoms with Crippen LogP contribution in [0.4, 0.5) is 0 Å². The molecule has 0 aliphatic heterocycles. The highest BCUT2D eigenvalue weighted by Crippen LogP contribution is 2.11. The average molecular weight is 513 g/mol. The number of hydrogen-bond acceptors (Lipinski definition) is 4. The predicted octanol–water partition coefficient (Wildman–Crippen LogP) is 5.97. The summed E-state index contributed by atoms with van der Waals surface area (Å²) < 4.78 is 0. The largest absolute Gasteiger partial charge is 0.481 e. The second-order valence-corrected chi connectivity index (χ2v) is 9.90.